The first-order valence-electron chi connectivity index (χ1n) is 35.0. The maximum Gasteiger partial charge on any atom is 0.472 e. The molecule has 0 rings (SSSR count). The zero-order chi connectivity index (χ0) is 63.6. The molecule has 0 heterocycles. The van der Waals surface area contributed by atoms with Crippen LogP contribution in [-0.2, 0) is 65.4 Å². The second kappa shape index (κ2) is 59.4. The van der Waals surface area contributed by atoms with Crippen LogP contribution < -0.4 is 0 Å². The van der Waals surface area contributed by atoms with Crippen molar-refractivity contribution in [3.63, 3.8) is 0 Å². The molecular weight excluding hydrogens is 1140 g/mol. The second-order valence-electron chi connectivity index (χ2n) is 25.2. The standard InChI is InChI=1S/C67H130O17P2/c1-7-9-11-13-14-15-16-17-18-19-20-21-22-23-24-25-26-27-32-39-45-51-66(71)84-63(56-78-65(70)50-44-38-33-28-30-36-41-47-59(3)4)58-82-86(75,76)80-54-61(68)53-79-85(73,74)81-57-62(55-77-64(69)49-43-35-12-10-8-2)83-67(72)52-46-40-34-29-31-37-42-48-60(5)6/h59-63,68H,7-58H2,1-6H3,(H,73,74)(H,75,76)/t61-,62+,63+/m0/s1. The molecule has 0 radical (unpaired) electrons. The van der Waals surface area contributed by atoms with E-state index in [0.717, 1.165) is 103 Å². The van der Waals surface area contributed by atoms with E-state index in [2.05, 4.69) is 41.5 Å². The monoisotopic (exact) mass is 1270 g/mol. The summed E-state index contributed by atoms with van der Waals surface area (Å²) in [4.78, 5) is 72.0. The van der Waals surface area contributed by atoms with Crippen molar-refractivity contribution in [1.82, 2.24) is 0 Å². The molecule has 0 aromatic heterocycles. The molecule has 86 heavy (non-hydrogen) atoms. The molecule has 0 spiro atoms. The Labute approximate surface area is 524 Å². The van der Waals surface area contributed by atoms with Gasteiger partial charge in [0.25, 0.3) is 0 Å². The van der Waals surface area contributed by atoms with Crippen LogP contribution >= 0.6 is 15.6 Å². The SMILES string of the molecule is CCCCCCCCCCCCCCCCCCCCCCCC(=O)O[C@H](COC(=O)CCCCCCCCCC(C)C)COP(=O)(O)OC[C@@H](O)COP(=O)(O)OC[C@@H](COC(=O)CCCCCCC)OC(=O)CCCCCCCCCC(C)C. The molecular formula is C67H130O17P2. The van der Waals surface area contributed by atoms with E-state index in [1.54, 1.807) is 0 Å². The van der Waals surface area contributed by atoms with Gasteiger partial charge >= 0.3 is 39.5 Å². The number of rotatable bonds is 66. The number of aliphatic hydroxyl groups is 1. The fraction of sp³-hybridized carbons (Fsp3) is 0.940. The second-order valence-corrected chi connectivity index (χ2v) is 28.1. The Hall–Kier alpha value is -1.94. The Morgan fingerprint density at radius 1 is 0.314 bits per heavy atom. The summed E-state index contributed by atoms with van der Waals surface area (Å²) in [6, 6.07) is 0. The molecule has 17 nitrogen and oxygen atoms in total. The lowest BCUT2D eigenvalue weighted by atomic mass is 10.0. The highest BCUT2D eigenvalue weighted by atomic mass is 31.2. The van der Waals surface area contributed by atoms with Gasteiger partial charge in [-0.25, -0.2) is 9.13 Å². The van der Waals surface area contributed by atoms with Crippen molar-refractivity contribution in [1.29, 1.82) is 0 Å². The number of hydrogen-bond donors (Lipinski definition) is 3. The van der Waals surface area contributed by atoms with E-state index in [0.29, 0.717) is 37.5 Å². The Bertz CT molecular complexity index is 1680. The molecule has 0 aromatic rings. The number of aliphatic hydroxyl groups excluding tert-OH is 1. The molecule has 0 saturated carbocycles. The van der Waals surface area contributed by atoms with Crippen LogP contribution in [0.2, 0.25) is 0 Å². The predicted octanol–water partition coefficient (Wildman–Crippen LogP) is 18.8. The first kappa shape index (κ1) is 84.1. The van der Waals surface area contributed by atoms with Crippen molar-refractivity contribution in [2.24, 2.45) is 11.8 Å². The Balaban J connectivity index is 5.07. The normalized spacial score (nSPS) is 14.2. The molecule has 19 heteroatoms. The van der Waals surface area contributed by atoms with Gasteiger partial charge in [-0.2, -0.15) is 0 Å². The van der Waals surface area contributed by atoms with Gasteiger partial charge in [0.05, 0.1) is 26.4 Å². The topological polar surface area (TPSA) is 237 Å². The summed E-state index contributed by atoms with van der Waals surface area (Å²) in [7, 11) is -9.88. The first-order valence-corrected chi connectivity index (χ1v) is 38.0. The minimum absolute atomic E-state index is 0.102. The highest BCUT2D eigenvalue weighted by Crippen LogP contribution is 2.45. The number of unbranched alkanes of at least 4 members (excludes halogenated alkanes) is 36. The Morgan fingerprint density at radius 3 is 0.791 bits per heavy atom. The summed E-state index contributed by atoms with van der Waals surface area (Å²) in [6.45, 7) is 9.30. The number of hydrogen-bond acceptors (Lipinski definition) is 15. The molecule has 3 N–H and O–H groups in total. The highest BCUT2D eigenvalue weighted by molar-refractivity contribution is 7.47. The van der Waals surface area contributed by atoms with Gasteiger partial charge in [-0.3, -0.25) is 37.3 Å². The van der Waals surface area contributed by atoms with Crippen LogP contribution in [0.1, 0.15) is 337 Å². The third-order valence-corrected chi connectivity index (χ3v) is 17.4. The van der Waals surface area contributed by atoms with E-state index in [-0.39, 0.29) is 25.7 Å². The summed E-state index contributed by atoms with van der Waals surface area (Å²) >= 11 is 0. The number of phosphoric ester groups is 2. The van der Waals surface area contributed by atoms with E-state index in [4.69, 9.17) is 37.0 Å². The van der Waals surface area contributed by atoms with Crippen molar-refractivity contribution in [3.8, 4) is 0 Å². The number of carbonyl (C=O) groups is 4. The highest BCUT2D eigenvalue weighted by Gasteiger charge is 2.30. The van der Waals surface area contributed by atoms with Crippen LogP contribution in [0, 0.1) is 11.8 Å². The van der Waals surface area contributed by atoms with E-state index in [1.165, 1.54) is 141 Å². The average molecular weight is 1270 g/mol. The predicted molar refractivity (Wildman–Crippen MR) is 345 cm³/mol. The van der Waals surface area contributed by atoms with Crippen LogP contribution in [0.25, 0.3) is 0 Å². The van der Waals surface area contributed by atoms with Gasteiger partial charge in [-0.05, 0) is 37.5 Å². The third kappa shape index (κ3) is 60.9. The van der Waals surface area contributed by atoms with Gasteiger partial charge < -0.3 is 33.8 Å². The molecule has 0 aliphatic rings. The summed E-state index contributed by atoms with van der Waals surface area (Å²) in [5.41, 5.74) is 0. The minimum Gasteiger partial charge on any atom is -0.462 e. The van der Waals surface area contributed by atoms with Crippen molar-refractivity contribution < 1.29 is 80.2 Å². The quantitative estimate of drug-likeness (QED) is 0.0222. The number of esters is 4. The van der Waals surface area contributed by atoms with Gasteiger partial charge in [-0.15, -0.1) is 0 Å². The molecule has 2 unspecified atom stereocenters. The summed E-state index contributed by atoms with van der Waals surface area (Å²) in [6.07, 6.45) is 43.9. The number of phosphoric acid groups is 2. The van der Waals surface area contributed by atoms with Crippen molar-refractivity contribution >= 4 is 39.5 Å². The molecule has 510 valence electrons. The average Bonchev–Trinajstić information content (AvgIpc) is 3.61. The van der Waals surface area contributed by atoms with Crippen molar-refractivity contribution in [2.45, 2.75) is 355 Å². The maximum absolute atomic E-state index is 13.0. The third-order valence-electron chi connectivity index (χ3n) is 15.5. The Kier molecular flexibility index (Phi) is 58.0. The van der Waals surface area contributed by atoms with E-state index >= 15 is 0 Å². The van der Waals surface area contributed by atoms with E-state index in [1.807, 2.05) is 0 Å². The minimum atomic E-state index is -4.95. The zero-order valence-corrected chi connectivity index (χ0v) is 57.4. The van der Waals surface area contributed by atoms with Crippen molar-refractivity contribution in [3.05, 3.63) is 0 Å². The molecule has 0 saturated heterocycles. The zero-order valence-electron chi connectivity index (χ0n) is 55.6. The first-order chi connectivity index (χ1) is 41.4. The van der Waals surface area contributed by atoms with Crippen LogP contribution in [0.15, 0.2) is 0 Å². The van der Waals surface area contributed by atoms with Crippen LogP contribution in [0.3, 0.4) is 0 Å². The summed E-state index contributed by atoms with van der Waals surface area (Å²) < 4.78 is 67.8. The van der Waals surface area contributed by atoms with Crippen molar-refractivity contribution in [2.75, 3.05) is 39.6 Å². The smallest absolute Gasteiger partial charge is 0.462 e. The summed E-state index contributed by atoms with van der Waals surface area (Å²) in [5, 5.41) is 10.5. The van der Waals surface area contributed by atoms with Gasteiger partial charge in [0.1, 0.15) is 19.3 Å². The maximum atomic E-state index is 13.0. The Morgan fingerprint density at radius 2 is 0.535 bits per heavy atom. The number of ether oxygens (including phenoxy) is 4. The molecule has 0 aliphatic carbocycles. The lowest BCUT2D eigenvalue weighted by Crippen LogP contribution is -2.30. The number of carbonyl (C=O) groups excluding carboxylic acids is 4. The molecule has 5 atom stereocenters. The van der Waals surface area contributed by atoms with Gasteiger partial charge in [-0.1, -0.05) is 286 Å². The molecule has 0 aliphatic heterocycles. The largest absolute Gasteiger partial charge is 0.472 e. The molecule has 0 fully saturated rings. The fourth-order valence-corrected chi connectivity index (χ4v) is 11.6. The van der Waals surface area contributed by atoms with Crippen LogP contribution in [-0.4, -0.2) is 96.7 Å². The van der Waals surface area contributed by atoms with E-state index in [9.17, 15) is 43.2 Å². The van der Waals surface area contributed by atoms with Crippen LogP contribution in [0.4, 0.5) is 0 Å². The van der Waals surface area contributed by atoms with Crippen LogP contribution in [0.5, 0.6) is 0 Å². The molecule has 0 amide bonds. The van der Waals surface area contributed by atoms with Gasteiger partial charge in [0.2, 0.25) is 0 Å². The lowest BCUT2D eigenvalue weighted by Gasteiger charge is -2.21. The fourth-order valence-electron chi connectivity index (χ4n) is 10.1. The lowest BCUT2D eigenvalue weighted by molar-refractivity contribution is -0.161. The van der Waals surface area contributed by atoms with Gasteiger partial charge in [0.15, 0.2) is 12.2 Å². The molecule has 0 aromatic carbocycles. The van der Waals surface area contributed by atoms with Gasteiger partial charge in [0, 0.05) is 25.7 Å². The summed E-state index contributed by atoms with van der Waals surface area (Å²) in [5.74, 6) is -0.744. The van der Waals surface area contributed by atoms with E-state index < -0.39 is 97.5 Å². The molecule has 0 bridgehead atoms.